The highest BCUT2D eigenvalue weighted by atomic mass is 35.5. The molecule has 0 spiro atoms. The summed E-state index contributed by atoms with van der Waals surface area (Å²) >= 11 is 6.14. The molecule has 3 rings (SSSR count). The fraction of sp³-hybridized carbons (Fsp3) is 0.174. The predicted molar refractivity (Wildman–Crippen MR) is 122 cm³/mol. The van der Waals surface area contributed by atoms with Crippen LogP contribution in [0.15, 0.2) is 71.6 Å². The Bertz CT molecular complexity index is 1230. The zero-order valence-corrected chi connectivity index (χ0v) is 19.0. The third-order valence-corrected chi connectivity index (χ3v) is 6.85. The van der Waals surface area contributed by atoms with E-state index in [0.717, 1.165) is 0 Å². The maximum Gasteiger partial charge on any atom is 0.339 e. The van der Waals surface area contributed by atoms with Gasteiger partial charge in [0.2, 0.25) is 0 Å². The fourth-order valence-electron chi connectivity index (χ4n) is 3.19. The van der Waals surface area contributed by atoms with Gasteiger partial charge in [-0.2, -0.15) is 0 Å². The van der Waals surface area contributed by atoms with Crippen LogP contribution in [0.4, 0.5) is 5.69 Å². The second-order valence-corrected chi connectivity index (χ2v) is 9.52. The highest BCUT2D eigenvalue weighted by Gasteiger charge is 2.30. The summed E-state index contributed by atoms with van der Waals surface area (Å²) < 4.78 is 33.9. The van der Waals surface area contributed by atoms with E-state index in [1.807, 2.05) is 0 Å². The quantitative estimate of drug-likeness (QED) is 0.479. The van der Waals surface area contributed by atoms with Gasteiger partial charge in [0.05, 0.1) is 10.6 Å². The molecule has 0 aliphatic carbocycles. The van der Waals surface area contributed by atoms with Gasteiger partial charge in [-0.15, -0.1) is 0 Å². The topological polar surface area (TPSA) is 104 Å². The third kappa shape index (κ3) is 4.98. The largest absolute Gasteiger partial charge is 0.507 e. The number of benzene rings is 3. The van der Waals surface area contributed by atoms with Gasteiger partial charge >= 0.3 is 5.97 Å². The molecular formula is C23H22ClNO6S. The Morgan fingerprint density at radius 2 is 1.75 bits per heavy atom. The zero-order valence-electron chi connectivity index (χ0n) is 17.4. The van der Waals surface area contributed by atoms with Crippen LogP contribution in [0.1, 0.15) is 29.8 Å². The number of aromatic hydroxyl groups is 1. The molecule has 0 saturated heterocycles. The van der Waals surface area contributed by atoms with Crippen molar-refractivity contribution in [2.45, 2.75) is 31.4 Å². The monoisotopic (exact) mass is 475 g/mol. The number of hydrogen-bond acceptors (Lipinski definition) is 5. The van der Waals surface area contributed by atoms with Crippen LogP contribution in [-0.2, 0) is 16.6 Å². The van der Waals surface area contributed by atoms with E-state index in [0.29, 0.717) is 16.3 Å². The number of nitrogens with zero attached hydrogens (tertiary/aromatic N) is 1. The smallest absolute Gasteiger partial charge is 0.339 e. The molecule has 0 fully saturated rings. The molecule has 2 N–H and O–H groups in total. The summed E-state index contributed by atoms with van der Waals surface area (Å²) in [6.45, 7) is 3.46. The molecule has 0 radical (unpaired) electrons. The average molecular weight is 476 g/mol. The van der Waals surface area contributed by atoms with E-state index in [-0.39, 0.29) is 28.6 Å². The van der Waals surface area contributed by atoms with Gasteiger partial charge < -0.3 is 14.9 Å². The molecule has 0 aromatic heterocycles. The van der Waals surface area contributed by atoms with E-state index >= 15 is 0 Å². The van der Waals surface area contributed by atoms with Gasteiger partial charge in [-0.25, -0.2) is 13.2 Å². The first-order chi connectivity index (χ1) is 15.1. The Balaban J connectivity index is 1.98. The molecule has 7 nitrogen and oxygen atoms in total. The van der Waals surface area contributed by atoms with Gasteiger partial charge in [0.25, 0.3) is 10.0 Å². The van der Waals surface area contributed by atoms with Crippen LogP contribution >= 0.6 is 11.6 Å². The second-order valence-electron chi connectivity index (χ2n) is 7.27. The Hall–Kier alpha value is -3.23. The van der Waals surface area contributed by atoms with E-state index < -0.39 is 22.0 Å². The molecule has 3 aromatic rings. The number of rotatable bonds is 8. The van der Waals surface area contributed by atoms with Crippen LogP contribution in [0.25, 0.3) is 0 Å². The lowest BCUT2D eigenvalue weighted by molar-refractivity contribution is 0.0693. The van der Waals surface area contributed by atoms with Crippen LogP contribution in [0, 0.1) is 0 Å². The molecule has 9 heteroatoms. The molecule has 168 valence electrons. The van der Waals surface area contributed by atoms with Crippen LogP contribution < -0.4 is 9.04 Å². The maximum atomic E-state index is 13.4. The highest BCUT2D eigenvalue weighted by molar-refractivity contribution is 7.92. The minimum atomic E-state index is -3.89. The molecule has 0 unspecified atom stereocenters. The minimum absolute atomic E-state index is 0.0435. The highest BCUT2D eigenvalue weighted by Crippen LogP contribution is 2.37. The lowest BCUT2D eigenvalue weighted by Gasteiger charge is -2.30. The van der Waals surface area contributed by atoms with Crippen LogP contribution in [-0.4, -0.2) is 30.6 Å². The Kier molecular flexibility index (Phi) is 6.96. The van der Waals surface area contributed by atoms with Crippen molar-refractivity contribution in [1.29, 1.82) is 0 Å². The number of aromatic carboxylic acids is 1. The maximum absolute atomic E-state index is 13.4. The van der Waals surface area contributed by atoms with E-state index in [2.05, 4.69) is 0 Å². The van der Waals surface area contributed by atoms with E-state index in [1.54, 1.807) is 44.2 Å². The predicted octanol–water partition coefficient (Wildman–Crippen LogP) is 4.93. The summed E-state index contributed by atoms with van der Waals surface area (Å²) in [5.41, 5.74) is 0.581. The molecule has 0 saturated carbocycles. The normalized spacial score (nSPS) is 11.4. The van der Waals surface area contributed by atoms with Crippen molar-refractivity contribution in [3.8, 4) is 11.5 Å². The number of sulfonamides is 1. The Labute approximate surface area is 191 Å². The van der Waals surface area contributed by atoms with Gasteiger partial charge in [-0.05, 0) is 55.8 Å². The molecule has 0 aliphatic rings. The SMILES string of the molecule is CC(C)N(c1ccc(Cl)cc1OCc1ccc(C(=O)O)c(O)c1)S(=O)(=O)c1ccccc1. The second kappa shape index (κ2) is 9.50. The molecule has 0 amide bonds. The van der Waals surface area contributed by atoms with Crippen molar-refractivity contribution >= 4 is 33.3 Å². The Morgan fingerprint density at radius 1 is 1.06 bits per heavy atom. The molecular weight excluding hydrogens is 454 g/mol. The first-order valence-corrected chi connectivity index (χ1v) is 11.5. The lowest BCUT2D eigenvalue weighted by atomic mass is 10.1. The summed E-state index contributed by atoms with van der Waals surface area (Å²) in [4.78, 5) is 11.2. The number of phenols is 1. The third-order valence-electron chi connectivity index (χ3n) is 4.62. The number of carboxylic acids is 1. The molecule has 3 aromatic carbocycles. The van der Waals surface area contributed by atoms with Crippen molar-refractivity contribution < 1.29 is 28.2 Å². The van der Waals surface area contributed by atoms with E-state index in [9.17, 15) is 18.3 Å². The minimum Gasteiger partial charge on any atom is -0.507 e. The van der Waals surface area contributed by atoms with E-state index in [1.165, 1.54) is 40.7 Å². The molecule has 0 bridgehead atoms. The van der Waals surface area contributed by atoms with Gasteiger partial charge in [0.15, 0.2) is 0 Å². The van der Waals surface area contributed by atoms with Crippen LogP contribution in [0.3, 0.4) is 0 Å². The van der Waals surface area contributed by atoms with Gasteiger partial charge in [-0.1, -0.05) is 35.9 Å². The molecule has 0 atom stereocenters. The summed E-state index contributed by atoms with van der Waals surface area (Å²) in [6.07, 6.45) is 0. The van der Waals surface area contributed by atoms with Crippen molar-refractivity contribution in [2.75, 3.05) is 4.31 Å². The van der Waals surface area contributed by atoms with Crippen molar-refractivity contribution in [3.05, 3.63) is 82.9 Å². The van der Waals surface area contributed by atoms with Crippen molar-refractivity contribution in [3.63, 3.8) is 0 Å². The molecule has 0 aliphatic heterocycles. The summed E-state index contributed by atoms with van der Waals surface area (Å²) in [5, 5.41) is 19.3. The lowest BCUT2D eigenvalue weighted by Crippen LogP contribution is -2.37. The first-order valence-electron chi connectivity index (χ1n) is 9.68. The number of hydrogen-bond donors (Lipinski definition) is 2. The van der Waals surface area contributed by atoms with Gasteiger partial charge in [0.1, 0.15) is 23.7 Å². The standard InChI is InChI=1S/C23H22ClNO6S/c1-15(2)25(32(29,30)18-6-4-3-5-7-18)20-11-9-17(24)13-22(20)31-14-16-8-10-19(23(27)28)21(26)12-16/h3-13,15,26H,14H2,1-2H3,(H,27,28). The van der Waals surface area contributed by atoms with Gasteiger partial charge in [-0.3, -0.25) is 4.31 Å². The molecule has 0 heterocycles. The number of ether oxygens (including phenoxy) is 1. The first kappa shape index (κ1) is 23.4. The number of halogens is 1. The Morgan fingerprint density at radius 3 is 2.34 bits per heavy atom. The van der Waals surface area contributed by atoms with Crippen LogP contribution in [0.5, 0.6) is 11.5 Å². The summed E-state index contributed by atoms with van der Waals surface area (Å²) in [7, 11) is -3.89. The fourth-order valence-corrected chi connectivity index (χ4v) is 5.04. The van der Waals surface area contributed by atoms with Crippen molar-refractivity contribution in [2.24, 2.45) is 0 Å². The van der Waals surface area contributed by atoms with E-state index in [4.69, 9.17) is 21.4 Å². The van der Waals surface area contributed by atoms with Crippen molar-refractivity contribution in [1.82, 2.24) is 0 Å². The summed E-state index contributed by atoms with van der Waals surface area (Å²) in [5.74, 6) is -1.40. The number of anilines is 1. The number of carbonyl (C=O) groups is 1. The average Bonchev–Trinajstić information content (AvgIpc) is 2.73. The molecule has 32 heavy (non-hydrogen) atoms. The van der Waals surface area contributed by atoms with Gasteiger partial charge in [0, 0.05) is 17.1 Å². The number of carboxylic acid groups (broad SMARTS) is 1. The summed E-state index contributed by atoms with van der Waals surface area (Å²) in [6, 6.07) is 16.4. The van der Waals surface area contributed by atoms with Crippen LogP contribution in [0.2, 0.25) is 5.02 Å². The zero-order chi connectivity index (χ0) is 23.5.